The van der Waals surface area contributed by atoms with E-state index in [1.807, 2.05) is 0 Å². The predicted molar refractivity (Wildman–Crippen MR) is 102 cm³/mol. The maximum atomic E-state index is 14.7. The van der Waals surface area contributed by atoms with Crippen LogP contribution in [0.25, 0.3) is 0 Å². The lowest BCUT2D eigenvalue weighted by Crippen LogP contribution is -2.47. The van der Waals surface area contributed by atoms with Crippen molar-refractivity contribution >= 4 is 29.8 Å². The Morgan fingerprint density at radius 2 is 2.10 bits per heavy atom. The molecule has 29 heavy (non-hydrogen) atoms. The van der Waals surface area contributed by atoms with E-state index in [0.29, 0.717) is 30.9 Å². The fourth-order valence-electron chi connectivity index (χ4n) is 3.57. The third kappa shape index (κ3) is 4.93. The van der Waals surface area contributed by atoms with E-state index in [-0.39, 0.29) is 38.4 Å². The van der Waals surface area contributed by atoms with Gasteiger partial charge in [0.15, 0.2) is 0 Å². The Morgan fingerprint density at radius 1 is 1.38 bits per heavy atom. The topological polar surface area (TPSA) is 91.0 Å². The minimum absolute atomic E-state index is 0.0531. The molecular weight excluding hydrogens is 386 g/mol. The van der Waals surface area contributed by atoms with Crippen molar-refractivity contribution in [1.29, 1.82) is 0 Å². The first-order chi connectivity index (χ1) is 13.8. The van der Waals surface area contributed by atoms with Gasteiger partial charge in [-0.2, -0.15) is 0 Å². The maximum Gasteiger partial charge on any atom is 0.414 e. The van der Waals surface area contributed by atoms with Gasteiger partial charge in [-0.05, 0) is 18.2 Å². The van der Waals surface area contributed by atoms with Crippen molar-refractivity contribution in [3.05, 3.63) is 24.0 Å². The van der Waals surface area contributed by atoms with E-state index in [0.717, 1.165) is 0 Å². The fraction of sp³-hybridized carbons (Fsp3) is 0.526. The Hall–Kier alpha value is -2.91. The highest BCUT2D eigenvalue weighted by atomic mass is 19.1. The average Bonchev–Trinajstić information content (AvgIpc) is 3.06. The van der Waals surface area contributed by atoms with Crippen molar-refractivity contribution < 1.29 is 27.9 Å². The van der Waals surface area contributed by atoms with Crippen LogP contribution in [0.3, 0.4) is 0 Å². The maximum absolute atomic E-state index is 14.7. The van der Waals surface area contributed by atoms with E-state index < -0.39 is 23.7 Å². The third-order valence-corrected chi connectivity index (χ3v) is 5.20. The molecule has 0 saturated carbocycles. The summed E-state index contributed by atoms with van der Waals surface area (Å²) in [5.74, 6) is -0.742. The molecule has 3 amide bonds. The van der Waals surface area contributed by atoms with Crippen LogP contribution >= 0.6 is 0 Å². The van der Waals surface area contributed by atoms with Crippen LogP contribution in [0, 0.1) is 5.82 Å². The summed E-state index contributed by atoms with van der Waals surface area (Å²) in [5, 5.41) is 4.95. The van der Waals surface area contributed by atoms with Crippen molar-refractivity contribution in [2.24, 2.45) is 0 Å². The Bertz CT molecular complexity index is 783. The Balaban J connectivity index is 1.63. The standard InChI is InChI=1S/C19H24F2N4O4/c1-13(27)23-9-15-10-25(18(28)29-15)14-2-3-17(16(20)8-14)24-6-4-19(21,5-7-24)11-22-12-26/h2-3,8,12,15H,4-7,9-11H2,1H3,(H,22,26)(H,23,27). The SMILES string of the molecule is CC(=O)NCC1CN(c2ccc(N3CCC(F)(CNC=O)CC3)c(F)c2)C(=O)O1. The van der Waals surface area contributed by atoms with Gasteiger partial charge in [-0.25, -0.2) is 13.6 Å². The smallest absolute Gasteiger partial charge is 0.414 e. The zero-order valence-electron chi connectivity index (χ0n) is 16.1. The number of hydrogen-bond donors (Lipinski definition) is 2. The molecule has 2 aliphatic heterocycles. The number of ether oxygens (including phenoxy) is 1. The number of piperidine rings is 1. The molecule has 2 N–H and O–H groups in total. The fourth-order valence-corrected chi connectivity index (χ4v) is 3.57. The van der Waals surface area contributed by atoms with Gasteiger partial charge < -0.3 is 20.3 Å². The molecule has 0 aromatic heterocycles. The molecule has 1 aromatic carbocycles. The zero-order chi connectivity index (χ0) is 21.0. The van der Waals surface area contributed by atoms with Gasteiger partial charge in [-0.3, -0.25) is 14.5 Å². The molecule has 2 saturated heterocycles. The molecule has 0 bridgehead atoms. The highest BCUT2D eigenvalue weighted by molar-refractivity contribution is 5.90. The van der Waals surface area contributed by atoms with Crippen LogP contribution in [0.4, 0.5) is 25.0 Å². The lowest BCUT2D eigenvalue weighted by atomic mass is 9.93. The molecule has 1 atom stereocenters. The largest absolute Gasteiger partial charge is 0.442 e. The van der Waals surface area contributed by atoms with Crippen molar-refractivity contribution in [2.75, 3.05) is 42.5 Å². The molecule has 8 nitrogen and oxygen atoms in total. The molecule has 2 fully saturated rings. The number of cyclic esters (lactones) is 1. The number of amides is 3. The number of alkyl halides is 1. The highest BCUT2D eigenvalue weighted by Gasteiger charge is 2.36. The summed E-state index contributed by atoms with van der Waals surface area (Å²) >= 11 is 0. The molecule has 1 unspecified atom stereocenters. The van der Waals surface area contributed by atoms with Gasteiger partial charge in [0.25, 0.3) is 0 Å². The lowest BCUT2D eigenvalue weighted by Gasteiger charge is -2.37. The molecule has 10 heteroatoms. The quantitative estimate of drug-likeness (QED) is 0.662. The van der Waals surface area contributed by atoms with Gasteiger partial charge >= 0.3 is 6.09 Å². The molecule has 3 rings (SSSR count). The second kappa shape index (κ2) is 8.62. The van der Waals surface area contributed by atoms with E-state index in [4.69, 9.17) is 4.74 Å². The summed E-state index contributed by atoms with van der Waals surface area (Å²) in [7, 11) is 0. The van der Waals surface area contributed by atoms with Crippen LogP contribution in [-0.4, -0.2) is 62.9 Å². The van der Waals surface area contributed by atoms with E-state index in [2.05, 4.69) is 10.6 Å². The number of benzene rings is 1. The summed E-state index contributed by atoms with van der Waals surface area (Å²) in [6.45, 7) is 2.35. The average molecular weight is 410 g/mol. The molecule has 0 radical (unpaired) electrons. The zero-order valence-corrected chi connectivity index (χ0v) is 16.1. The monoisotopic (exact) mass is 410 g/mol. The number of carbonyl (C=O) groups excluding carboxylic acids is 3. The number of halogens is 2. The molecule has 2 heterocycles. The molecule has 2 aliphatic rings. The van der Waals surface area contributed by atoms with Crippen LogP contribution < -0.4 is 20.4 Å². The van der Waals surface area contributed by atoms with E-state index in [1.165, 1.54) is 17.9 Å². The second-order valence-corrected chi connectivity index (χ2v) is 7.33. The predicted octanol–water partition coefficient (Wildman–Crippen LogP) is 1.34. The van der Waals surface area contributed by atoms with Crippen LogP contribution in [0.2, 0.25) is 0 Å². The number of hydrogen-bond acceptors (Lipinski definition) is 5. The van der Waals surface area contributed by atoms with Crippen molar-refractivity contribution in [2.45, 2.75) is 31.5 Å². The molecule has 1 aromatic rings. The van der Waals surface area contributed by atoms with E-state index >= 15 is 0 Å². The summed E-state index contributed by atoms with van der Waals surface area (Å²) in [6.07, 6.45) is -0.281. The van der Waals surface area contributed by atoms with Crippen molar-refractivity contribution in [3.63, 3.8) is 0 Å². The number of nitrogens with zero attached hydrogens (tertiary/aromatic N) is 2. The third-order valence-electron chi connectivity index (χ3n) is 5.20. The first kappa shape index (κ1) is 20.8. The van der Waals surface area contributed by atoms with Crippen LogP contribution in [0.5, 0.6) is 0 Å². The second-order valence-electron chi connectivity index (χ2n) is 7.33. The summed E-state index contributed by atoms with van der Waals surface area (Å²) in [5.41, 5.74) is -0.800. The van der Waals surface area contributed by atoms with Gasteiger partial charge in [-0.15, -0.1) is 0 Å². The summed E-state index contributed by atoms with van der Waals surface area (Å²) in [6, 6.07) is 4.43. The van der Waals surface area contributed by atoms with Crippen LogP contribution in [0.15, 0.2) is 18.2 Å². The Morgan fingerprint density at radius 3 is 2.72 bits per heavy atom. The van der Waals surface area contributed by atoms with E-state index in [1.54, 1.807) is 17.0 Å². The normalized spacial score (nSPS) is 20.9. The minimum atomic E-state index is -1.49. The highest BCUT2D eigenvalue weighted by Crippen LogP contribution is 2.32. The summed E-state index contributed by atoms with van der Waals surface area (Å²) < 4.78 is 34.5. The Labute approximate surface area is 167 Å². The molecule has 158 valence electrons. The van der Waals surface area contributed by atoms with Crippen LogP contribution in [0.1, 0.15) is 19.8 Å². The van der Waals surface area contributed by atoms with Gasteiger partial charge in [0.05, 0.1) is 31.0 Å². The van der Waals surface area contributed by atoms with Gasteiger partial charge in [0.1, 0.15) is 17.6 Å². The number of carbonyl (C=O) groups is 3. The minimum Gasteiger partial charge on any atom is -0.442 e. The van der Waals surface area contributed by atoms with Gasteiger partial charge in [0, 0.05) is 32.9 Å². The van der Waals surface area contributed by atoms with Gasteiger partial charge in [-0.1, -0.05) is 0 Å². The van der Waals surface area contributed by atoms with Gasteiger partial charge in [0.2, 0.25) is 12.3 Å². The first-order valence-electron chi connectivity index (χ1n) is 9.44. The number of anilines is 2. The number of nitrogens with one attached hydrogen (secondary N) is 2. The summed E-state index contributed by atoms with van der Waals surface area (Å²) in [4.78, 5) is 36.5. The number of rotatable bonds is 7. The molecule has 0 aliphatic carbocycles. The first-order valence-corrected chi connectivity index (χ1v) is 9.44. The van der Waals surface area contributed by atoms with Crippen molar-refractivity contribution in [1.82, 2.24) is 10.6 Å². The van der Waals surface area contributed by atoms with Crippen molar-refractivity contribution in [3.8, 4) is 0 Å². The van der Waals surface area contributed by atoms with Crippen LogP contribution in [-0.2, 0) is 14.3 Å². The van der Waals surface area contributed by atoms with E-state index in [9.17, 15) is 23.2 Å². The Kier molecular flexibility index (Phi) is 6.19. The molecule has 0 spiro atoms. The molecular formula is C19H24F2N4O4. The lowest BCUT2D eigenvalue weighted by molar-refractivity contribution is -0.119.